The van der Waals surface area contributed by atoms with E-state index in [9.17, 15) is 4.79 Å². The summed E-state index contributed by atoms with van der Waals surface area (Å²) < 4.78 is 0. The van der Waals surface area contributed by atoms with Gasteiger partial charge in [-0.1, -0.05) is 29.3 Å². The van der Waals surface area contributed by atoms with Gasteiger partial charge >= 0.3 is 5.97 Å². The molecule has 0 saturated heterocycles. The van der Waals surface area contributed by atoms with E-state index >= 15 is 0 Å². The van der Waals surface area contributed by atoms with Crippen molar-refractivity contribution in [3.63, 3.8) is 0 Å². The van der Waals surface area contributed by atoms with E-state index in [1.54, 1.807) is 0 Å². The first-order chi connectivity index (χ1) is 8.54. The lowest BCUT2D eigenvalue weighted by atomic mass is 10.2. The van der Waals surface area contributed by atoms with Crippen LogP contribution in [0.1, 0.15) is 15.9 Å². The van der Waals surface area contributed by atoms with Crippen LogP contribution in [0.15, 0.2) is 36.4 Å². The second-order valence-electron chi connectivity index (χ2n) is 3.86. The zero-order chi connectivity index (χ0) is 13.1. The van der Waals surface area contributed by atoms with Crippen molar-refractivity contribution in [2.75, 3.05) is 5.32 Å². The van der Waals surface area contributed by atoms with Crippen LogP contribution in [0.4, 0.5) is 11.5 Å². The summed E-state index contributed by atoms with van der Waals surface area (Å²) in [5.41, 5.74) is 2.07. The number of benzene rings is 1. The molecule has 1 heterocycles. The van der Waals surface area contributed by atoms with Crippen LogP contribution in [-0.2, 0) is 0 Å². The molecule has 0 unspecified atom stereocenters. The van der Waals surface area contributed by atoms with Gasteiger partial charge < -0.3 is 10.4 Å². The lowest BCUT2D eigenvalue weighted by Gasteiger charge is -2.07. The van der Waals surface area contributed by atoms with Crippen molar-refractivity contribution >= 4 is 29.1 Å². The molecule has 4 nitrogen and oxygen atoms in total. The van der Waals surface area contributed by atoms with Crippen molar-refractivity contribution in [1.29, 1.82) is 0 Å². The highest BCUT2D eigenvalue weighted by molar-refractivity contribution is 6.29. The van der Waals surface area contributed by atoms with Crippen LogP contribution in [0.2, 0.25) is 5.15 Å². The summed E-state index contributed by atoms with van der Waals surface area (Å²) in [6.07, 6.45) is 0. The van der Waals surface area contributed by atoms with Gasteiger partial charge in [0.1, 0.15) is 11.0 Å². The molecule has 2 rings (SSSR count). The predicted molar refractivity (Wildman–Crippen MR) is 70.7 cm³/mol. The summed E-state index contributed by atoms with van der Waals surface area (Å²) in [4.78, 5) is 14.9. The summed E-state index contributed by atoms with van der Waals surface area (Å²) in [6, 6.07) is 10.4. The van der Waals surface area contributed by atoms with E-state index < -0.39 is 5.97 Å². The Morgan fingerprint density at radius 3 is 2.56 bits per heavy atom. The van der Waals surface area contributed by atoms with Crippen molar-refractivity contribution < 1.29 is 9.90 Å². The topological polar surface area (TPSA) is 62.2 Å². The Morgan fingerprint density at radius 1 is 1.28 bits per heavy atom. The average molecular weight is 263 g/mol. The summed E-state index contributed by atoms with van der Waals surface area (Å²) >= 11 is 5.77. The fraction of sp³-hybridized carbons (Fsp3) is 0.0769. The van der Waals surface area contributed by atoms with Crippen LogP contribution in [0.5, 0.6) is 0 Å². The zero-order valence-corrected chi connectivity index (χ0v) is 10.4. The van der Waals surface area contributed by atoms with Gasteiger partial charge in [0, 0.05) is 5.69 Å². The van der Waals surface area contributed by atoms with Crippen LogP contribution in [0, 0.1) is 6.92 Å². The quantitative estimate of drug-likeness (QED) is 0.831. The molecule has 0 spiro atoms. The normalized spacial score (nSPS) is 10.1. The molecule has 0 fully saturated rings. The van der Waals surface area contributed by atoms with Gasteiger partial charge in [-0.25, -0.2) is 9.78 Å². The van der Waals surface area contributed by atoms with E-state index in [4.69, 9.17) is 16.7 Å². The van der Waals surface area contributed by atoms with Crippen LogP contribution >= 0.6 is 11.6 Å². The summed E-state index contributed by atoms with van der Waals surface area (Å²) in [5.74, 6) is -0.630. The fourth-order valence-corrected chi connectivity index (χ4v) is 1.68. The Bertz CT molecular complexity index is 582. The minimum atomic E-state index is -1.04. The van der Waals surface area contributed by atoms with Gasteiger partial charge in [-0.3, -0.25) is 0 Å². The van der Waals surface area contributed by atoms with Crippen LogP contribution < -0.4 is 5.32 Å². The Kier molecular flexibility index (Phi) is 3.48. The Hall–Kier alpha value is -2.07. The van der Waals surface area contributed by atoms with Crippen molar-refractivity contribution in [3.8, 4) is 0 Å². The molecule has 18 heavy (non-hydrogen) atoms. The third kappa shape index (κ3) is 2.99. The van der Waals surface area contributed by atoms with Gasteiger partial charge in [-0.2, -0.15) is 0 Å². The second-order valence-corrected chi connectivity index (χ2v) is 4.25. The van der Waals surface area contributed by atoms with Crippen LogP contribution in [0.25, 0.3) is 0 Å². The van der Waals surface area contributed by atoms with Crippen molar-refractivity contribution in [2.45, 2.75) is 6.92 Å². The number of anilines is 2. The number of hydrogen-bond acceptors (Lipinski definition) is 3. The largest absolute Gasteiger partial charge is 0.478 e. The lowest BCUT2D eigenvalue weighted by Crippen LogP contribution is -2.00. The first-order valence-corrected chi connectivity index (χ1v) is 5.67. The van der Waals surface area contributed by atoms with Gasteiger partial charge in [0.25, 0.3) is 0 Å². The number of rotatable bonds is 3. The van der Waals surface area contributed by atoms with Crippen LogP contribution in [-0.4, -0.2) is 16.1 Å². The smallest absolute Gasteiger partial charge is 0.335 e. The highest BCUT2D eigenvalue weighted by atomic mass is 35.5. The SMILES string of the molecule is Cc1ccc(Nc2cc(C(=O)O)cc(Cl)n2)cc1. The number of aryl methyl sites for hydroxylation is 1. The zero-order valence-electron chi connectivity index (χ0n) is 9.64. The minimum Gasteiger partial charge on any atom is -0.478 e. The maximum atomic E-state index is 10.9. The maximum absolute atomic E-state index is 10.9. The van der Waals surface area contributed by atoms with E-state index in [0.717, 1.165) is 11.3 Å². The molecule has 92 valence electrons. The predicted octanol–water partition coefficient (Wildman–Crippen LogP) is 3.49. The van der Waals surface area contributed by atoms with Gasteiger partial charge in [0.2, 0.25) is 0 Å². The molecule has 5 heteroatoms. The second kappa shape index (κ2) is 5.06. The number of aromatic nitrogens is 1. The number of hydrogen-bond donors (Lipinski definition) is 2. The van der Waals surface area contributed by atoms with E-state index in [1.807, 2.05) is 31.2 Å². The monoisotopic (exact) mass is 262 g/mol. The van der Waals surface area contributed by atoms with E-state index in [1.165, 1.54) is 12.1 Å². The number of carbonyl (C=O) groups is 1. The molecule has 1 aromatic heterocycles. The van der Waals surface area contributed by atoms with Gasteiger partial charge in [-0.15, -0.1) is 0 Å². The third-order valence-electron chi connectivity index (χ3n) is 2.37. The molecule has 0 saturated carbocycles. The number of pyridine rings is 1. The summed E-state index contributed by atoms with van der Waals surface area (Å²) in [6.45, 7) is 1.99. The molecule has 0 bridgehead atoms. The van der Waals surface area contributed by atoms with E-state index in [0.29, 0.717) is 5.82 Å². The van der Waals surface area contributed by atoms with Gasteiger partial charge in [-0.05, 0) is 31.2 Å². The number of nitrogens with zero attached hydrogens (tertiary/aromatic N) is 1. The minimum absolute atomic E-state index is 0.101. The molecule has 0 aliphatic rings. The molecule has 2 aromatic rings. The van der Waals surface area contributed by atoms with Crippen molar-refractivity contribution in [1.82, 2.24) is 4.98 Å². The summed E-state index contributed by atoms with van der Waals surface area (Å²) in [5, 5.41) is 12.1. The van der Waals surface area contributed by atoms with E-state index in [2.05, 4.69) is 10.3 Å². The Morgan fingerprint density at radius 2 is 1.94 bits per heavy atom. The molecule has 0 amide bonds. The lowest BCUT2D eigenvalue weighted by molar-refractivity contribution is 0.0697. The van der Waals surface area contributed by atoms with Gasteiger partial charge in [0.15, 0.2) is 0 Å². The third-order valence-corrected chi connectivity index (χ3v) is 2.56. The van der Waals surface area contributed by atoms with Crippen LogP contribution in [0.3, 0.4) is 0 Å². The highest BCUT2D eigenvalue weighted by Gasteiger charge is 2.07. The molecule has 0 aliphatic carbocycles. The number of aromatic carboxylic acids is 1. The molecule has 0 aliphatic heterocycles. The fourth-order valence-electron chi connectivity index (χ4n) is 1.47. The van der Waals surface area contributed by atoms with E-state index in [-0.39, 0.29) is 10.7 Å². The molecular formula is C13H11ClN2O2. The Balaban J connectivity index is 2.28. The highest BCUT2D eigenvalue weighted by Crippen LogP contribution is 2.19. The first kappa shape index (κ1) is 12.4. The molecule has 2 N–H and O–H groups in total. The molecular weight excluding hydrogens is 252 g/mol. The maximum Gasteiger partial charge on any atom is 0.335 e. The van der Waals surface area contributed by atoms with Crippen molar-refractivity contribution in [2.24, 2.45) is 0 Å². The molecule has 1 aromatic carbocycles. The number of nitrogens with one attached hydrogen (secondary N) is 1. The molecule has 0 radical (unpaired) electrons. The summed E-state index contributed by atoms with van der Waals surface area (Å²) in [7, 11) is 0. The molecule has 0 atom stereocenters. The first-order valence-electron chi connectivity index (χ1n) is 5.29. The average Bonchev–Trinajstić information content (AvgIpc) is 2.31. The van der Waals surface area contributed by atoms with Gasteiger partial charge in [0.05, 0.1) is 5.56 Å². The number of carboxylic acids is 1. The number of halogens is 1. The standard InChI is InChI=1S/C13H11ClN2O2/c1-8-2-4-10(5-3-8)15-12-7-9(13(17)18)6-11(14)16-12/h2-7H,1H3,(H,15,16)(H,17,18). The Labute approximate surface area is 109 Å². The number of carboxylic acid groups (broad SMARTS) is 1. The van der Waals surface area contributed by atoms with Crippen molar-refractivity contribution in [3.05, 3.63) is 52.7 Å².